The summed E-state index contributed by atoms with van der Waals surface area (Å²) in [5, 5.41) is 6.37. The van der Waals surface area contributed by atoms with Crippen molar-refractivity contribution in [2.75, 3.05) is 7.05 Å². The van der Waals surface area contributed by atoms with Gasteiger partial charge >= 0.3 is 0 Å². The maximum atomic E-state index is 12.0. The molecule has 5 heteroatoms. The molecule has 1 aromatic heterocycles. The minimum absolute atomic E-state index is 0.0308. The summed E-state index contributed by atoms with van der Waals surface area (Å²) in [6.45, 7) is 0. The number of pyridine rings is 1. The van der Waals surface area contributed by atoms with Crippen molar-refractivity contribution in [2.24, 2.45) is 0 Å². The van der Waals surface area contributed by atoms with Crippen molar-refractivity contribution in [1.82, 2.24) is 15.6 Å². The second-order valence-electron chi connectivity index (χ2n) is 4.70. The quantitative estimate of drug-likeness (QED) is 0.899. The number of aromatic nitrogens is 1. The molecule has 1 heterocycles. The van der Waals surface area contributed by atoms with Crippen molar-refractivity contribution < 1.29 is 4.79 Å². The summed E-state index contributed by atoms with van der Waals surface area (Å²) in [7, 11) is 2.00. The van der Waals surface area contributed by atoms with Crippen molar-refractivity contribution in [3.8, 4) is 0 Å². The summed E-state index contributed by atoms with van der Waals surface area (Å²) in [5.41, 5.74) is 0.611. The van der Waals surface area contributed by atoms with E-state index >= 15 is 0 Å². The predicted octanol–water partition coefficient (Wildman–Crippen LogP) is 2.10. The average Bonchev–Trinajstić information content (AvgIpc) is 2.39. The molecule has 98 valence electrons. The molecule has 1 amide bonds. The fraction of sp³-hybridized carbons (Fsp3) is 0.538. The Hall–Kier alpha value is -0.940. The van der Waals surface area contributed by atoms with Crippen LogP contribution in [0, 0.1) is 0 Å². The molecule has 1 aromatic rings. The third kappa shape index (κ3) is 3.53. The number of carbonyl (C=O) groups excluding carboxylic acids is 1. The fourth-order valence-electron chi connectivity index (χ4n) is 2.33. The molecule has 2 rings (SSSR count). The first kappa shape index (κ1) is 13.5. The van der Waals surface area contributed by atoms with Gasteiger partial charge in [-0.15, -0.1) is 0 Å². The Balaban J connectivity index is 1.89. The highest BCUT2D eigenvalue weighted by Crippen LogP contribution is 2.19. The normalized spacial score (nSPS) is 23.7. The van der Waals surface area contributed by atoms with E-state index < -0.39 is 0 Å². The number of hydrogen-bond acceptors (Lipinski definition) is 3. The summed E-state index contributed by atoms with van der Waals surface area (Å²) in [4.78, 5) is 16.0. The van der Waals surface area contributed by atoms with Gasteiger partial charge in [0.1, 0.15) is 0 Å². The van der Waals surface area contributed by atoms with E-state index in [1.807, 2.05) is 7.05 Å². The number of amides is 1. The van der Waals surface area contributed by atoms with Crippen molar-refractivity contribution in [1.29, 1.82) is 0 Å². The highest BCUT2D eigenvalue weighted by Gasteiger charge is 2.21. The summed E-state index contributed by atoms with van der Waals surface area (Å²) < 4.78 is 0.828. The molecule has 18 heavy (non-hydrogen) atoms. The Morgan fingerprint density at radius 1 is 1.28 bits per heavy atom. The smallest absolute Gasteiger partial charge is 0.253 e. The number of rotatable bonds is 3. The van der Waals surface area contributed by atoms with E-state index in [9.17, 15) is 4.79 Å². The Bertz CT molecular complexity index is 416. The molecular weight excluding hydrogens is 294 g/mol. The largest absolute Gasteiger partial charge is 0.349 e. The van der Waals surface area contributed by atoms with Crippen LogP contribution in [0.4, 0.5) is 0 Å². The Labute approximate surface area is 116 Å². The molecule has 0 bridgehead atoms. The Morgan fingerprint density at radius 2 is 1.94 bits per heavy atom. The van der Waals surface area contributed by atoms with Gasteiger partial charge in [0.2, 0.25) is 0 Å². The van der Waals surface area contributed by atoms with Crippen LogP contribution in [-0.4, -0.2) is 30.0 Å². The van der Waals surface area contributed by atoms with Crippen LogP contribution in [0.15, 0.2) is 22.9 Å². The third-order valence-corrected chi connectivity index (χ3v) is 3.87. The molecule has 1 aliphatic rings. The maximum Gasteiger partial charge on any atom is 0.253 e. The zero-order valence-electron chi connectivity index (χ0n) is 10.4. The fourth-order valence-corrected chi connectivity index (χ4v) is 2.70. The van der Waals surface area contributed by atoms with Crippen LogP contribution in [0.2, 0.25) is 0 Å². The van der Waals surface area contributed by atoms with E-state index in [0.29, 0.717) is 17.6 Å². The summed E-state index contributed by atoms with van der Waals surface area (Å²) in [6.07, 6.45) is 7.60. The lowest BCUT2D eigenvalue weighted by atomic mass is 9.91. The molecule has 1 aliphatic carbocycles. The van der Waals surface area contributed by atoms with Crippen LogP contribution in [-0.2, 0) is 0 Å². The van der Waals surface area contributed by atoms with Gasteiger partial charge in [-0.2, -0.15) is 0 Å². The summed E-state index contributed by atoms with van der Waals surface area (Å²) >= 11 is 3.32. The van der Waals surface area contributed by atoms with E-state index in [0.717, 1.165) is 30.2 Å². The molecule has 1 saturated carbocycles. The standard InChI is InChI=1S/C13H18BrN3O/c1-15-11-2-4-12(5-3-11)17-13(18)9-6-10(14)8-16-7-9/h6-8,11-12,15H,2-5H2,1H3,(H,17,18). The minimum Gasteiger partial charge on any atom is -0.349 e. The van der Waals surface area contributed by atoms with E-state index in [1.165, 1.54) is 0 Å². The van der Waals surface area contributed by atoms with Gasteiger partial charge in [0.05, 0.1) is 5.56 Å². The summed E-state index contributed by atoms with van der Waals surface area (Å²) in [6, 6.07) is 2.69. The minimum atomic E-state index is -0.0308. The third-order valence-electron chi connectivity index (χ3n) is 3.44. The lowest BCUT2D eigenvalue weighted by Gasteiger charge is -2.28. The first-order chi connectivity index (χ1) is 8.69. The molecule has 4 nitrogen and oxygen atoms in total. The average molecular weight is 312 g/mol. The molecular formula is C13H18BrN3O. The van der Waals surface area contributed by atoms with Crippen LogP contribution in [0.5, 0.6) is 0 Å². The van der Waals surface area contributed by atoms with Gasteiger partial charge in [-0.3, -0.25) is 9.78 Å². The SMILES string of the molecule is CNC1CCC(NC(=O)c2cncc(Br)c2)CC1. The maximum absolute atomic E-state index is 12.0. The summed E-state index contributed by atoms with van der Waals surface area (Å²) in [5.74, 6) is -0.0308. The number of nitrogens with one attached hydrogen (secondary N) is 2. The zero-order chi connectivity index (χ0) is 13.0. The second-order valence-corrected chi connectivity index (χ2v) is 5.62. The van der Waals surface area contributed by atoms with Crippen molar-refractivity contribution in [3.05, 3.63) is 28.5 Å². The molecule has 1 fully saturated rings. The number of halogens is 1. The first-order valence-electron chi connectivity index (χ1n) is 6.27. The van der Waals surface area contributed by atoms with Crippen molar-refractivity contribution in [3.63, 3.8) is 0 Å². The highest BCUT2D eigenvalue weighted by atomic mass is 79.9. The van der Waals surface area contributed by atoms with Crippen molar-refractivity contribution >= 4 is 21.8 Å². The molecule has 0 spiro atoms. The molecule has 0 radical (unpaired) electrons. The molecule has 0 atom stereocenters. The van der Waals surface area contributed by atoms with E-state index in [2.05, 4.69) is 31.5 Å². The monoisotopic (exact) mass is 311 g/mol. The van der Waals surface area contributed by atoms with E-state index in [4.69, 9.17) is 0 Å². The van der Waals surface area contributed by atoms with Gasteiger partial charge < -0.3 is 10.6 Å². The molecule has 2 N–H and O–H groups in total. The van der Waals surface area contributed by atoms with Crippen LogP contribution >= 0.6 is 15.9 Å². The van der Waals surface area contributed by atoms with Gasteiger partial charge in [-0.1, -0.05) is 0 Å². The zero-order valence-corrected chi connectivity index (χ0v) is 12.0. The van der Waals surface area contributed by atoms with Crippen LogP contribution in [0.3, 0.4) is 0 Å². The number of nitrogens with zero attached hydrogens (tertiary/aromatic N) is 1. The molecule has 0 aromatic carbocycles. The Kier molecular flexibility index (Phi) is 4.72. The van der Waals surface area contributed by atoms with E-state index in [-0.39, 0.29) is 5.91 Å². The molecule has 0 aliphatic heterocycles. The van der Waals surface area contributed by atoms with Gasteiger partial charge in [0.15, 0.2) is 0 Å². The molecule has 0 saturated heterocycles. The Morgan fingerprint density at radius 3 is 2.56 bits per heavy atom. The van der Waals surface area contributed by atoms with Crippen molar-refractivity contribution in [2.45, 2.75) is 37.8 Å². The lowest BCUT2D eigenvalue weighted by Crippen LogP contribution is -2.41. The highest BCUT2D eigenvalue weighted by molar-refractivity contribution is 9.10. The number of carbonyl (C=O) groups is 1. The van der Waals surface area contributed by atoms with Gasteiger partial charge in [-0.25, -0.2) is 0 Å². The molecule has 0 unspecified atom stereocenters. The lowest BCUT2D eigenvalue weighted by molar-refractivity contribution is 0.0924. The van der Waals surface area contributed by atoms with Crippen LogP contribution in [0.1, 0.15) is 36.0 Å². The van der Waals surface area contributed by atoms with E-state index in [1.54, 1.807) is 18.5 Å². The number of hydrogen-bond donors (Lipinski definition) is 2. The van der Waals surface area contributed by atoms with Gasteiger partial charge in [0, 0.05) is 29.0 Å². The van der Waals surface area contributed by atoms with Gasteiger partial charge in [0.25, 0.3) is 5.91 Å². The van der Waals surface area contributed by atoms with Crippen LogP contribution < -0.4 is 10.6 Å². The second kappa shape index (κ2) is 6.29. The topological polar surface area (TPSA) is 54.0 Å². The van der Waals surface area contributed by atoms with Gasteiger partial charge in [-0.05, 0) is 54.7 Å². The first-order valence-corrected chi connectivity index (χ1v) is 7.07. The van der Waals surface area contributed by atoms with Crippen LogP contribution in [0.25, 0.3) is 0 Å². The predicted molar refractivity (Wildman–Crippen MR) is 74.5 cm³/mol.